The number of benzene rings is 1. The number of hydrogen-bond donors (Lipinski definition) is 0. The molecule has 0 aliphatic rings. The predicted molar refractivity (Wildman–Crippen MR) is 54.4 cm³/mol. The molecule has 0 saturated heterocycles. The molecule has 2 aromatic rings. The third kappa shape index (κ3) is 1.55. The van der Waals surface area contributed by atoms with Crippen molar-refractivity contribution in [1.82, 2.24) is 4.49 Å². The monoisotopic (exact) mass is 208 g/mol. The maximum Gasteiger partial charge on any atom is 0.163 e. The van der Waals surface area contributed by atoms with Gasteiger partial charge in [-0.3, -0.25) is 0 Å². The van der Waals surface area contributed by atoms with Crippen LogP contribution in [0.5, 0.6) is 0 Å². The summed E-state index contributed by atoms with van der Waals surface area (Å²) >= 11 is 6.66. The molecule has 0 amide bonds. The third-order valence-electron chi connectivity index (χ3n) is 1.78. The van der Waals surface area contributed by atoms with Gasteiger partial charge in [0.1, 0.15) is 9.90 Å². The normalized spacial score (nSPS) is 10.2. The topological polar surface area (TPSA) is 16.8 Å². The van der Waals surface area contributed by atoms with E-state index in [9.17, 15) is 0 Å². The highest BCUT2D eigenvalue weighted by Gasteiger charge is 2.08. The fourth-order valence-corrected chi connectivity index (χ4v) is 2.15. The first-order chi connectivity index (χ1) is 6.29. The highest BCUT2D eigenvalue weighted by molar-refractivity contribution is 7.59. The summed E-state index contributed by atoms with van der Waals surface area (Å²) in [7, 11) is 1.87. The first kappa shape index (κ1) is 8.59. The van der Waals surface area contributed by atoms with Crippen LogP contribution in [-0.4, -0.2) is 4.49 Å². The van der Waals surface area contributed by atoms with E-state index in [1.807, 2.05) is 37.4 Å². The zero-order valence-corrected chi connectivity index (χ0v) is 8.73. The lowest BCUT2D eigenvalue weighted by molar-refractivity contribution is -0.757. The van der Waals surface area contributed by atoms with Crippen LogP contribution in [0.4, 0.5) is 0 Å². The highest BCUT2D eigenvalue weighted by Crippen LogP contribution is 2.23. The molecule has 0 aliphatic carbocycles. The predicted octanol–water partition coefficient (Wildman–Crippen LogP) is 1.54. The third-order valence-corrected chi connectivity index (χ3v) is 3.31. The summed E-state index contributed by atoms with van der Waals surface area (Å²) in [6.07, 6.45) is 0. The van der Waals surface area contributed by atoms with E-state index in [0.29, 0.717) is 0 Å². The van der Waals surface area contributed by atoms with Gasteiger partial charge in [-0.1, -0.05) is 30.3 Å². The molecule has 0 aliphatic heterocycles. The molecule has 1 aromatic carbocycles. The molecule has 66 valence electrons. The van der Waals surface area contributed by atoms with Crippen molar-refractivity contribution in [2.45, 2.75) is 5.03 Å². The number of aryl methyl sites for hydroxylation is 1. The summed E-state index contributed by atoms with van der Waals surface area (Å²) in [5.74, 6) is 0. The summed E-state index contributed by atoms with van der Waals surface area (Å²) in [4.78, 5) is 1.07. The van der Waals surface area contributed by atoms with Gasteiger partial charge in [0.15, 0.2) is 7.05 Å². The van der Waals surface area contributed by atoms with Gasteiger partial charge in [-0.15, -0.1) is 4.68 Å². The zero-order chi connectivity index (χ0) is 9.26. The Bertz CT molecular complexity index is 409. The Balaban J connectivity index is 2.53. The Hall–Kier alpha value is -1.00. The average Bonchev–Trinajstić information content (AvgIpc) is 2.49. The Labute approximate surface area is 86.4 Å². The molecular formula is C9H8N2S2. The Kier molecular flexibility index (Phi) is 2.24. The van der Waals surface area contributed by atoms with Crippen molar-refractivity contribution in [1.29, 1.82) is 0 Å². The van der Waals surface area contributed by atoms with Crippen LogP contribution >= 0.6 is 11.5 Å². The summed E-state index contributed by atoms with van der Waals surface area (Å²) in [6.45, 7) is 0. The molecule has 0 unspecified atom stereocenters. The molecule has 0 N–H and O–H groups in total. The van der Waals surface area contributed by atoms with Crippen molar-refractivity contribution >= 4 is 24.2 Å². The molecule has 0 saturated carbocycles. The van der Waals surface area contributed by atoms with E-state index in [1.165, 1.54) is 11.5 Å². The largest absolute Gasteiger partial charge is 0.706 e. The van der Waals surface area contributed by atoms with Crippen LogP contribution < -0.4 is 4.68 Å². The van der Waals surface area contributed by atoms with E-state index in [2.05, 4.69) is 4.49 Å². The summed E-state index contributed by atoms with van der Waals surface area (Å²) < 4.78 is 5.87. The van der Waals surface area contributed by atoms with Gasteiger partial charge in [-0.05, 0) is 5.56 Å². The lowest BCUT2D eigenvalue weighted by atomic mass is 10.2. The average molecular weight is 208 g/mol. The fraction of sp³-hybridized carbons (Fsp3) is 0.111. The molecule has 0 bridgehead atoms. The minimum atomic E-state index is 0.802. The summed E-state index contributed by atoms with van der Waals surface area (Å²) in [5.41, 5.74) is 1.14. The van der Waals surface area contributed by atoms with Gasteiger partial charge < -0.3 is 12.6 Å². The number of nitrogens with zero attached hydrogens (tertiary/aromatic N) is 2. The molecule has 2 rings (SSSR count). The van der Waals surface area contributed by atoms with Gasteiger partial charge in [0.2, 0.25) is 0 Å². The highest BCUT2D eigenvalue weighted by atomic mass is 32.1. The van der Waals surface area contributed by atoms with Crippen LogP contribution in [0.1, 0.15) is 0 Å². The minimum Gasteiger partial charge on any atom is -0.706 e. The van der Waals surface area contributed by atoms with E-state index in [1.54, 1.807) is 4.68 Å². The van der Waals surface area contributed by atoms with E-state index < -0.39 is 0 Å². The number of rotatable bonds is 1. The van der Waals surface area contributed by atoms with Crippen LogP contribution in [0.25, 0.3) is 10.4 Å². The van der Waals surface area contributed by atoms with Crippen molar-refractivity contribution < 1.29 is 4.68 Å². The molecule has 13 heavy (non-hydrogen) atoms. The fourth-order valence-electron chi connectivity index (χ4n) is 1.09. The Morgan fingerprint density at radius 2 is 2.00 bits per heavy atom. The summed E-state index contributed by atoms with van der Waals surface area (Å²) in [5, 5.41) is 0.802. The second-order valence-electron chi connectivity index (χ2n) is 2.70. The van der Waals surface area contributed by atoms with Gasteiger partial charge >= 0.3 is 0 Å². The van der Waals surface area contributed by atoms with E-state index in [4.69, 9.17) is 12.6 Å². The van der Waals surface area contributed by atoms with Crippen LogP contribution in [-0.2, 0) is 19.7 Å². The van der Waals surface area contributed by atoms with Crippen LogP contribution in [0.15, 0.2) is 35.4 Å². The quantitative estimate of drug-likeness (QED) is 0.522. The number of hydrogen-bond acceptors (Lipinski definition) is 3. The molecular weight excluding hydrogens is 200 g/mol. The standard InChI is InChI=1S/C9H8N2S2/c1-11-9(12)8(13-10-11)7-5-3-2-4-6-7/h2-6H,1H3. The van der Waals surface area contributed by atoms with Gasteiger partial charge in [0.25, 0.3) is 0 Å². The van der Waals surface area contributed by atoms with Gasteiger partial charge in [-0.25, -0.2) is 0 Å². The molecule has 1 heterocycles. The van der Waals surface area contributed by atoms with Gasteiger partial charge in [0.05, 0.1) is 4.49 Å². The molecule has 1 aromatic heterocycles. The maximum absolute atomic E-state index is 5.22. The maximum atomic E-state index is 5.22. The van der Waals surface area contributed by atoms with Crippen LogP contribution in [0.2, 0.25) is 0 Å². The smallest absolute Gasteiger partial charge is 0.163 e. The van der Waals surface area contributed by atoms with Crippen molar-refractivity contribution in [3.8, 4) is 10.4 Å². The first-order valence-corrected chi connectivity index (χ1v) is 5.05. The van der Waals surface area contributed by atoms with E-state index in [0.717, 1.165) is 15.5 Å². The number of aromatic nitrogens is 2. The van der Waals surface area contributed by atoms with Gasteiger partial charge in [0, 0.05) is 11.5 Å². The molecule has 0 fully saturated rings. The van der Waals surface area contributed by atoms with Gasteiger partial charge in [-0.2, -0.15) is 0 Å². The van der Waals surface area contributed by atoms with Crippen molar-refractivity contribution in [2.75, 3.05) is 0 Å². The SMILES string of the molecule is C[n+]1nsc(-c2ccccc2)c1[S-]. The van der Waals surface area contributed by atoms with Crippen LogP contribution in [0.3, 0.4) is 0 Å². The van der Waals surface area contributed by atoms with E-state index >= 15 is 0 Å². The molecule has 2 nitrogen and oxygen atoms in total. The zero-order valence-electron chi connectivity index (χ0n) is 7.10. The van der Waals surface area contributed by atoms with E-state index in [-0.39, 0.29) is 0 Å². The Morgan fingerprint density at radius 1 is 1.31 bits per heavy atom. The minimum absolute atomic E-state index is 0.802. The molecule has 0 spiro atoms. The second-order valence-corrected chi connectivity index (χ2v) is 3.84. The Morgan fingerprint density at radius 3 is 2.54 bits per heavy atom. The lowest BCUT2D eigenvalue weighted by Crippen LogP contribution is -2.31. The summed E-state index contributed by atoms with van der Waals surface area (Å²) in [6, 6.07) is 10.1. The lowest BCUT2D eigenvalue weighted by Gasteiger charge is -1.99. The molecule has 4 heteroatoms. The molecule has 0 radical (unpaired) electrons. The van der Waals surface area contributed by atoms with Crippen molar-refractivity contribution in [2.24, 2.45) is 7.05 Å². The van der Waals surface area contributed by atoms with Crippen molar-refractivity contribution in [3.63, 3.8) is 0 Å². The first-order valence-electron chi connectivity index (χ1n) is 3.87. The van der Waals surface area contributed by atoms with Crippen LogP contribution in [0, 0.1) is 0 Å². The molecule has 0 atom stereocenters. The van der Waals surface area contributed by atoms with Crippen molar-refractivity contribution in [3.05, 3.63) is 30.3 Å². The second kappa shape index (κ2) is 3.40.